The lowest BCUT2D eigenvalue weighted by molar-refractivity contribution is 0.733. The zero-order valence-electron chi connectivity index (χ0n) is 14.7. The molecule has 2 atom stereocenters. The summed E-state index contributed by atoms with van der Waals surface area (Å²) < 4.78 is 1.13. The summed E-state index contributed by atoms with van der Waals surface area (Å²) in [6, 6.07) is 17.1. The zero-order chi connectivity index (χ0) is 17.9. The lowest BCUT2D eigenvalue weighted by Crippen LogP contribution is -1.92. The van der Waals surface area contributed by atoms with Crippen molar-refractivity contribution in [3.8, 4) is 0 Å². The van der Waals surface area contributed by atoms with Gasteiger partial charge in [0.2, 0.25) is 0 Å². The molecule has 24 heavy (non-hydrogen) atoms. The Kier molecular flexibility index (Phi) is 11.0. The van der Waals surface area contributed by atoms with Gasteiger partial charge in [-0.05, 0) is 47.4 Å². The molecule has 0 heterocycles. The SMILES string of the molecule is CC(CCBr)c1ccccc1.CCC(C)c1ccc(CCl)c(Br)c1. The second-order valence-electron chi connectivity index (χ2n) is 6.08. The highest BCUT2D eigenvalue weighted by molar-refractivity contribution is 9.10. The molecule has 0 bridgehead atoms. The highest BCUT2D eigenvalue weighted by atomic mass is 79.9. The molecule has 0 radical (unpaired) electrons. The summed E-state index contributed by atoms with van der Waals surface area (Å²) in [7, 11) is 0. The second-order valence-corrected chi connectivity index (χ2v) is 8.00. The number of benzene rings is 2. The minimum Gasteiger partial charge on any atom is -0.122 e. The maximum Gasteiger partial charge on any atom is 0.0485 e. The van der Waals surface area contributed by atoms with Gasteiger partial charge in [0.1, 0.15) is 0 Å². The Morgan fingerprint density at radius 2 is 1.62 bits per heavy atom. The average Bonchev–Trinajstić information content (AvgIpc) is 2.62. The summed E-state index contributed by atoms with van der Waals surface area (Å²) in [5, 5.41) is 1.09. The third-order valence-electron chi connectivity index (χ3n) is 4.31. The Bertz CT molecular complexity index is 584. The Morgan fingerprint density at radius 3 is 2.12 bits per heavy atom. The van der Waals surface area contributed by atoms with Gasteiger partial charge in [0.25, 0.3) is 0 Å². The molecule has 2 unspecified atom stereocenters. The van der Waals surface area contributed by atoms with Crippen LogP contribution in [0.2, 0.25) is 0 Å². The van der Waals surface area contributed by atoms with E-state index in [-0.39, 0.29) is 0 Å². The van der Waals surface area contributed by atoms with Crippen LogP contribution in [0.3, 0.4) is 0 Å². The number of rotatable bonds is 6. The van der Waals surface area contributed by atoms with Crippen molar-refractivity contribution in [2.45, 2.75) is 51.3 Å². The fraction of sp³-hybridized carbons (Fsp3) is 0.429. The van der Waals surface area contributed by atoms with Gasteiger partial charge in [0, 0.05) is 15.7 Å². The summed E-state index contributed by atoms with van der Waals surface area (Å²) in [6.45, 7) is 6.70. The predicted molar refractivity (Wildman–Crippen MR) is 116 cm³/mol. The number of hydrogen-bond acceptors (Lipinski definition) is 0. The monoisotopic (exact) mass is 472 g/mol. The summed E-state index contributed by atoms with van der Waals surface area (Å²) in [5.74, 6) is 1.87. The largest absolute Gasteiger partial charge is 0.122 e. The van der Waals surface area contributed by atoms with E-state index >= 15 is 0 Å². The molecule has 0 spiro atoms. The molecule has 2 aromatic carbocycles. The molecule has 0 aliphatic carbocycles. The maximum absolute atomic E-state index is 5.77. The van der Waals surface area contributed by atoms with Crippen molar-refractivity contribution in [3.05, 3.63) is 69.7 Å². The number of halogens is 3. The van der Waals surface area contributed by atoms with Crippen LogP contribution < -0.4 is 0 Å². The van der Waals surface area contributed by atoms with Crippen LogP contribution in [-0.4, -0.2) is 5.33 Å². The summed E-state index contributed by atoms with van der Waals surface area (Å²) in [4.78, 5) is 0. The highest BCUT2D eigenvalue weighted by Gasteiger charge is 2.05. The smallest absolute Gasteiger partial charge is 0.0485 e. The van der Waals surface area contributed by atoms with Crippen LogP contribution in [0.4, 0.5) is 0 Å². The minimum atomic E-state index is 0.571. The molecule has 0 aliphatic heterocycles. The Labute approximate surface area is 169 Å². The van der Waals surface area contributed by atoms with E-state index in [0.29, 0.717) is 17.7 Å². The zero-order valence-corrected chi connectivity index (χ0v) is 18.7. The topological polar surface area (TPSA) is 0 Å². The first-order valence-electron chi connectivity index (χ1n) is 8.48. The highest BCUT2D eigenvalue weighted by Crippen LogP contribution is 2.26. The van der Waals surface area contributed by atoms with E-state index in [4.69, 9.17) is 11.6 Å². The molecular weight excluding hydrogens is 447 g/mol. The van der Waals surface area contributed by atoms with Crippen molar-refractivity contribution in [3.63, 3.8) is 0 Å². The van der Waals surface area contributed by atoms with E-state index in [0.717, 1.165) is 15.4 Å². The standard InChI is InChI=1S/C11H14BrCl.C10H13Br/c1-3-8(2)9-4-5-10(7-13)11(12)6-9;1-9(7-8-11)10-5-3-2-4-6-10/h4-6,8H,3,7H2,1-2H3;2-6,9H,7-8H2,1H3. The molecule has 132 valence electrons. The molecule has 0 aliphatic rings. The maximum atomic E-state index is 5.77. The number of alkyl halides is 2. The molecule has 0 amide bonds. The predicted octanol–water partition coefficient (Wildman–Crippen LogP) is 8.28. The van der Waals surface area contributed by atoms with Crippen LogP contribution in [0.5, 0.6) is 0 Å². The first-order chi connectivity index (χ1) is 11.5. The lowest BCUT2D eigenvalue weighted by Gasteiger charge is -2.10. The van der Waals surface area contributed by atoms with Gasteiger partial charge >= 0.3 is 0 Å². The first-order valence-corrected chi connectivity index (χ1v) is 10.9. The lowest BCUT2D eigenvalue weighted by atomic mass is 9.98. The third kappa shape index (κ3) is 7.29. The van der Waals surface area contributed by atoms with E-state index in [2.05, 4.69) is 101 Å². The van der Waals surface area contributed by atoms with E-state index < -0.39 is 0 Å². The summed E-state index contributed by atoms with van der Waals surface area (Å²) >= 11 is 12.7. The van der Waals surface area contributed by atoms with E-state index in [1.54, 1.807) is 0 Å². The first kappa shape index (κ1) is 21.7. The molecule has 3 heteroatoms. The van der Waals surface area contributed by atoms with Gasteiger partial charge in [0.05, 0.1) is 0 Å². The Hall–Kier alpha value is -0.310. The van der Waals surface area contributed by atoms with Crippen molar-refractivity contribution in [1.29, 1.82) is 0 Å². The second kappa shape index (κ2) is 12.1. The minimum absolute atomic E-state index is 0.571. The molecule has 0 nitrogen and oxygen atoms in total. The van der Waals surface area contributed by atoms with Gasteiger partial charge < -0.3 is 0 Å². The van der Waals surface area contributed by atoms with Crippen LogP contribution in [0.1, 0.15) is 62.1 Å². The quantitative estimate of drug-likeness (QED) is 0.370. The third-order valence-corrected chi connectivity index (χ3v) is 5.80. The van der Waals surface area contributed by atoms with Crippen molar-refractivity contribution in [1.82, 2.24) is 0 Å². The molecule has 0 aromatic heterocycles. The summed E-state index contributed by atoms with van der Waals surface area (Å²) in [5.41, 5.74) is 3.98. The average molecular weight is 475 g/mol. The fourth-order valence-electron chi connectivity index (χ4n) is 2.33. The van der Waals surface area contributed by atoms with E-state index in [1.165, 1.54) is 24.0 Å². The van der Waals surface area contributed by atoms with Crippen molar-refractivity contribution in [2.24, 2.45) is 0 Å². The van der Waals surface area contributed by atoms with Crippen LogP contribution in [0, 0.1) is 0 Å². The van der Waals surface area contributed by atoms with Crippen molar-refractivity contribution in [2.75, 3.05) is 5.33 Å². The molecule has 0 saturated heterocycles. The molecule has 0 saturated carbocycles. The van der Waals surface area contributed by atoms with Crippen molar-refractivity contribution < 1.29 is 0 Å². The fourth-order valence-corrected chi connectivity index (χ4v) is 3.94. The Balaban J connectivity index is 0.000000243. The van der Waals surface area contributed by atoms with Gasteiger partial charge in [-0.15, -0.1) is 11.6 Å². The van der Waals surface area contributed by atoms with Crippen LogP contribution in [0.25, 0.3) is 0 Å². The normalized spacial score (nSPS) is 12.9. The van der Waals surface area contributed by atoms with Gasteiger partial charge in [0.15, 0.2) is 0 Å². The van der Waals surface area contributed by atoms with Crippen LogP contribution >= 0.6 is 43.5 Å². The van der Waals surface area contributed by atoms with E-state index in [1.807, 2.05) is 0 Å². The van der Waals surface area contributed by atoms with E-state index in [9.17, 15) is 0 Å². The molecule has 2 rings (SSSR count). The van der Waals surface area contributed by atoms with Gasteiger partial charge in [-0.2, -0.15) is 0 Å². The Morgan fingerprint density at radius 1 is 0.958 bits per heavy atom. The molecule has 2 aromatic rings. The van der Waals surface area contributed by atoms with Crippen LogP contribution in [-0.2, 0) is 5.88 Å². The van der Waals surface area contributed by atoms with Gasteiger partial charge in [-0.1, -0.05) is 95.1 Å². The molecule has 0 fully saturated rings. The van der Waals surface area contributed by atoms with Crippen LogP contribution in [0.15, 0.2) is 53.0 Å². The van der Waals surface area contributed by atoms with Crippen molar-refractivity contribution >= 4 is 43.5 Å². The van der Waals surface area contributed by atoms with Gasteiger partial charge in [-0.25, -0.2) is 0 Å². The van der Waals surface area contributed by atoms with Gasteiger partial charge in [-0.3, -0.25) is 0 Å². The number of hydrogen-bond donors (Lipinski definition) is 0. The molecular formula is C21H27Br2Cl. The molecule has 0 N–H and O–H groups in total. The summed E-state index contributed by atoms with van der Waals surface area (Å²) in [6.07, 6.45) is 2.39.